The first-order valence-corrected chi connectivity index (χ1v) is 11.9. The van der Waals surface area contributed by atoms with Crippen LogP contribution in [0.3, 0.4) is 0 Å². The molecule has 1 saturated heterocycles. The Morgan fingerprint density at radius 3 is 2.24 bits per heavy atom. The number of ether oxygens (including phenoxy) is 2. The van der Waals surface area contributed by atoms with Crippen LogP contribution in [0.15, 0.2) is 52.2 Å². The molecule has 1 amide bonds. The van der Waals surface area contributed by atoms with Gasteiger partial charge in [0.05, 0.1) is 23.0 Å². The molecule has 33 heavy (non-hydrogen) atoms. The SMILES string of the molecule is COc1ccccc1OCC(=O)N1CCN(S(=O)(=O)c2ccc3c(c2)n(C)c(=O)n3C)CC1. The summed E-state index contributed by atoms with van der Waals surface area (Å²) in [5.74, 6) is 0.785. The van der Waals surface area contributed by atoms with E-state index in [0.717, 1.165) is 0 Å². The highest BCUT2D eigenvalue weighted by Crippen LogP contribution is 2.26. The number of hydrogen-bond acceptors (Lipinski definition) is 6. The summed E-state index contributed by atoms with van der Waals surface area (Å²) in [5, 5.41) is 0. The van der Waals surface area contributed by atoms with Crippen LogP contribution >= 0.6 is 0 Å². The predicted molar refractivity (Wildman–Crippen MR) is 122 cm³/mol. The monoisotopic (exact) mass is 474 g/mol. The molecule has 1 aliphatic heterocycles. The summed E-state index contributed by atoms with van der Waals surface area (Å²) in [6.07, 6.45) is 0. The van der Waals surface area contributed by atoms with Gasteiger partial charge >= 0.3 is 5.69 Å². The molecule has 0 aliphatic carbocycles. The molecule has 2 aromatic carbocycles. The second-order valence-corrected chi connectivity index (χ2v) is 9.71. The van der Waals surface area contributed by atoms with Crippen molar-refractivity contribution in [3.8, 4) is 11.5 Å². The number of methoxy groups -OCH3 is 1. The van der Waals surface area contributed by atoms with Crippen LogP contribution in [0.5, 0.6) is 11.5 Å². The Hall–Kier alpha value is -3.31. The van der Waals surface area contributed by atoms with Crippen molar-refractivity contribution < 1.29 is 22.7 Å². The van der Waals surface area contributed by atoms with E-state index in [1.165, 1.54) is 32.7 Å². The minimum absolute atomic E-state index is 0.121. The standard InChI is InChI=1S/C22H26N4O6S/c1-23-17-9-8-16(14-18(17)24(2)22(23)28)33(29,30)26-12-10-25(11-13-26)21(27)15-32-20-7-5-4-6-19(20)31-3/h4-9,14H,10-13,15H2,1-3H3. The molecule has 4 rings (SSSR count). The fraction of sp³-hybridized carbons (Fsp3) is 0.364. The number of fused-ring (bicyclic) bond motifs is 1. The Bertz CT molecular complexity index is 1350. The van der Waals surface area contributed by atoms with Crippen molar-refractivity contribution in [3.05, 3.63) is 52.9 Å². The van der Waals surface area contributed by atoms with E-state index in [9.17, 15) is 18.0 Å². The van der Waals surface area contributed by atoms with Gasteiger partial charge in [-0.05, 0) is 30.3 Å². The summed E-state index contributed by atoms with van der Waals surface area (Å²) in [6, 6.07) is 11.7. The van der Waals surface area contributed by atoms with Crippen molar-refractivity contribution in [2.75, 3.05) is 39.9 Å². The van der Waals surface area contributed by atoms with Crippen LogP contribution in [0.4, 0.5) is 0 Å². The molecule has 0 saturated carbocycles. The highest BCUT2D eigenvalue weighted by atomic mass is 32.2. The third-order valence-corrected chi connectivity index (χ3v) is 7.79. The predicted octanol–water partition coefficient (Wildman–Crippen LogP) is 0.798. The molecule has 3 aromatic rings. The largest absolute Gasteiger partial charge is 0.493 e. The van der Waals surface area contributed by atoms with Gasteiger partial charge in [0, 0.05) is 40.3 Å². The fourth-order valence-electron chi connectivity index (χ4n) is 3.94. The smallest absolute Gasteiger partial charge is 0.328 e. The van der Waals surface area contributed by atoms with Gasteiger partial charge in [0.1, 0.15) is 0 Å². The second-order valence-electron chi connectivity index (χ2n) is 7.78. The third-order valence-electron chi connectivity index (χ3n) is 5.89. The van der Waals surface area contributed by atoms with Gasteiger partial charge in [-0.1, -0.05) is 12.1 Å². The first-order chi connectivity index (χ1) is 15.7. The van der Waals surface area contributed by atoms with Gasteiger partial charge in [-0.2, -0.15) is 4.31 Å². The van der Waals surface area contributed by atoms with E-state index in [1.807, 2.05) is 6.07 Å². The van der Waals surface area contributed by atoms with Crippen molar-refractivity contribution in [2.45, 2.75) is 4.90 Å². The number of hydrogen-bond donors (Lipinski definition) is 0. The molecule has 176 valence electrons. The summed E-state index contributed by atoms with van der Waals surface area (Å²) in [7, 11) is 1.02. The lowest BCUT2D eigenvalue weighted by atomic mass is 10.3. The van der Waals surface area contributed by atoms with Gasteiger partial charge in [-0.3, -0.25) is 13.9 Å². The Kier molecular flexibility index (Phi) is 6.17. The zero-order valence-corrected chi connectivity index (χ0v) is 19.5. The van der Waals surface area contributed by atoms with E-state index in [0.29, 0.717) is 22.5 Å². The fourth-order valence-corrected chi connectivity index (χ4v) is 5.39. The topological polar surface area (TPSA) is 103 Å². The summed E-state index contributed by atoms with van der Waals surface area (Å²) >= 11 is 0. The Balaban J connectivity index is 1.41. The lowest BCUT2D eigenvalue weighted by Crippen LogP contribution is -2.51. The lowest BCUT2D eigenvalue weighted by Gasteiger charge is -2.34. The molecule has 0 bridgehead atoms. The van der Waals surface area contributed by atoms with Crippen molar-refractivity contribution >= 4 is 27.0 Å². The molecule has 1 aliphatic rings. The summed E-state index contributed by atoms with van der Waals surface area (Å²) in [5.41, 5.74) is 0.986. The number of nitrogens with zero attached hydrogens (tertiary/aromatic N) is 4. The number of benzene rings is 2. The molecular formula is C22H26N4O6S. The van der Waals surface area contributed by atoms with Gasteiger partial charge in [0.2, 0.25) is 10.0 Å². The zero-order valence-electron chi connectivity index (χ0n) is 18.7. The van der Waals surface area contributed by atoms with E-state index < -0.39 is 10.0 Å². The Labute approximate surface area is 191 Å². The molecular weight excluding hydrogens is 448 g/mol. The summed E-state index contributed by atoms with van der Waals surface area (Å²) < 4.78 is 41.4. The molecule has 0 unspecified atom stereocenters. The first-order valence-electron chi connectivity index (χ1n) is 10.4. The van der Waals surface area contributed by atoms with Crippen molar-refractivity contribution in [3.63, 3.8) is 0 Å². The Morgan fingerprint density at radius 2 is 1.58 bits per heavy atom. The molecule has 0 atom stereocenters. The number of piperazine rings is 1. The van der Waals surface area contributed by atoms with Crippen LogP contribution in [0.1, 0.15) is 0 Å². The van der Waals surface area contributed by atoms with Crippen molar-refractivity contribution in [1.82, 2.24) is 18.3 Å². The lowest BCUT2D eigenvalue weighted by molar-refractivity contribution is -0.134. The number of carbonyl (C=O) groups excluding carboxylic acids is 1. The van der Waals surface area contributed by atoms with Crippen molar-refractivity contribution in [2.24, 2.45) is 14.1 Å². The molecule has 1 fully saturated rings. The van der Waals surface area contributed by atoms with E-state index in [1.54, 1.807) is 43.3 Å². The quantitative estimate of drug-likeness (QED) is 0.524. The summed E-state index contributed by atoms with van der Waals surface area (Å²) in [6.45, 7) is 0.716. The average molecular weight is 475 g/mol. The van der Waals surface area contributed by atoms with Gasteiger partial charge in [-0.25, -0.2) is 13.2 Å². The molecule has 0 spiro atoms. The molecule has 10 nitrogen and oxygen atoms in total. The highest BCUT2D eigenvalue weighted by molar-refractivity contribution is 7.89. The number of carbonyl (C=O) groups is 1. The normalized spacial score (nSPS) is 15.1. The van der Waals surface area contributed by atoms with Gasteiger partial charge in [-0.15, -0.1) is 0 Å². The first kappa shape index (κ1) is 22.9. The zero-order chi connectivity index (χ0) is 23.8. The van der Waals surface area contributed by atoms with Gasteiger partial charge < -0.3 is 14.4 Å². The maximum Gasteiger partial charge on any atom is 0.328 e. The maximum absolute atomic E-state index is 13.2. The third kappa shape index (κ3) is 4.21. The van der Waals surface area contributed by atoms with Crippen LogP contribution in [-0.4, -0.2) is 72.6 Å². The van der Waals surface area contributed by atoms with E-state index in [2.05, 4.69) is 0 Å². The van der Waals surface area contributed by atoms with Crippen LogP contribution in [-0.2, 0) is 28.9 Å². The molecule has 11 heteroatoms. The number of rotatable bonds is 6. The number of aryl methyl sites for hydroxylation is 2. The number of amides is 1. The maximum atomic E-state index is 13.2. The van der Waals surface area contributed by atoms with Crippen molar-refractivity contribution in [1.29, 1.82) is 0 Å². The number of imidazole rings is 1. The average Bonchev–Trinajstić information content (AvgIpc) is 3.06. The van der Waals surface area contributed by atoms with Crippen LogP contribution < -0.4 is 15.2 Å². The molecule has 1 aromatic heterocycles. The Morgan fingerprint density at radius 1 is 0.939 bits per heavy atom. The second kappa shape index (κ2) is 8.91. The number of aromatic nitrogens is 2. The highest BCUT2D eigenvalue weighted by Gasteiger charge is 2.30. The van der Waals surface area contributed by atoms with E-state index in [4.69, 9.17) is 9.47 Å². The van der Waals surface area contributed by atoms with Gasteiger partial charge in [0.25, 0.3) is 5.91 Å². The summed E-state index contributed by atoms with van der Waals surface area (Å²) in [4.78, 5) is 26.4. The number of sulfonamides is 1. The van der Waals surface area contributed by atoms with E-state index in [-0.39, 0.29) is 49.3 Å². The molecule has 0 N–H and O–H groups in total. The van der Waals surface area contributed by atoms with E-state index >= 15 is 0 Å². The molecule has 2 heterocycles. The van der Waals surface area contributed by atoms with Gasteiger partial charge in [0.15, 0.2) is 18.1 Å². The number of para-hydroxylation sites is 2. The molecule has 0 radical (unpaired) electrons. The minimum atomic E-state index is -3.76. The van der Waals surface area contributed by atoms with Crippen LogP contribution in [0.25, 0.3) is 11.0 Å². The minimum Gasteiger partial charge on any atom is -0.493 e. The van der Waals surface area contributed by atoms with Crippen LogP contribution in [0.2, 0.25) is 0 Å². The van der Waals surface area contributed by atoms with Crippen LogP contribution in [0, 0.1) is 0 Å².